The van der Waals surface area contributed by atoms with Crippen LogP contribution in [0.2, 0.25) is 5.15 Å². The van der Waals surface area contributed by atoms with Gasteiger partial charge in [-0.1, -0.05) is 35.9 Å². The molecule has 0 spiro atoms. The number of nitrogens with zero attached hydrogens (tertiary/aromatic N) is 2. The maximum atomic E-state index is 9.98. The number of aromatic nitrogens is 2. The van der Waals surface area contributed by atoms with Gasteiger partial charge in [-0.2, -0.15) is 0 Å². The minimum Gasteiger partial charge on any atom is -0.504 e. The van der Waals surface area contributed by atoms with Crippen LogP contribution < -0.4 is 4.74 Å². The fourth-order valence-electron chi connectivity index (χ4n) is 2.02. The molecule has 4 nitrogen and oxygen atoms in total. The number of benzene rings is 2. The van der Waals surface area contributed by atoms with Crippen LogP contribution >= 0.6 is 11.6 Å². The van der Waals surface area contributed by atoms with Crippen LogP contribution in [-0.2, 0) is 13.7 Å². The van der Waals surface area contributed by atoms with Gasteiger partial charge in [0, 0.05) is 7.05 Å². The van der Waals surface area contributed by atoms with Crippen molar-refractivity contribution < 1.29 is 9.84 Å². The van der Waals surface area contributed by atoms with Crippen molar-refractivity contribution in [3.63, 3.8) is 0 Å². The van der Waals surface area contributed by atoms with Crippen LogP contribution in [0.15, 0.2) is 42.6 Å². The van der Waals surface area contributed by atoms with Crippen molar-refractivity contribution in [1.29, 1.82) is 0 Å². The quantitative estimate of drug-likeness (QED) is 0.802. The molecule has 3 rings (SSSR count). The van der Waals surface area contributed by atoms with Gasteiger partial charge < -0.3 is 14.4 Å². The lowest BCUT2D eigenvalue weighted by Gasteiger charge is -2.09. The zero-order valence-electron chi connectivity index (χ0n) is 10.9. The smallest absolute Gasteiger partial charge is 0.162 e. The van der Waals surface area contributed by atoms with E-state index in [-0.39, 0.29) is 12.4 Å². The lowest BCUT2D eigenvalue weighted by Crippen LogP contribution is -2.03. The number of hydrogen-bond donors (Lipinski definition) is 1. The van der Waals surface area contributed by atoms with E-state index in [4.69, 9.17) is 16.3 Å². The lowest BCUT2D eigenvalue weighted by molar-refractivity contribution is 0.277. The van der Waals surface area contributed by atoms with Crippen molar-refractivity contribution in [2.45, 2.75) is 6.61 Å². The minimum absolute atomic E-state index is 0.115. The molecule has 0 aliphatic heterocycles. The highest BCUT2D eigenvalue weighted by atomic mass is 35.5. The first kappa shape index (κ1) is 12.8. The van der Waals surface area contributed by atoms with Gasteiger partial charge in [-0.15, -0.1) is 0 Å². The van der Waals surface area contributed by atoms with Gasteiger partial charge >= 0.3 is 0 Å². The molecule has 0 saturated heterocycles. The van der Waals surface area contributed by atoms with E-state index in [9.17, 15) is 5.11 Å². The number of aromatic hydroxyl groups is 1. The van der Waals surface area contributed by atoms with E-state index in [1.54, 1.807) is 16.8 Å². The molecule has 102 valence electrons. The summed E-state index contributed by atoms with van der Waals surface area (Å²) in [6.07, 6.45) is 1.57. The third-order valence-corrected chi connectivity index (χ3v) is 3.56. The molecule has 0 aliphatic rings. The fraction of sp³-hybridized carbons (Fsp3) is 0.133. The Morgan fingerprint density at radius 3 is 2.60 bits per heavy atom. The average molecular weight is 289 g/mol. The Morgan fingerprint density at radius 1 is 1.25 bits per heavy atom. The molecular weight excluding hydrogens is 276 g/mol. The Balaban J connectivity index is 1.87. The third kappa shape index (κ3) is 2.30. The summed E-state index contributed by atoms with van der Waals surface area (Å²) in [4.78, 5) is 4.15. The van der Waals surface area contributed by atoms with Gasteiger partial charge in [0.15, 0.2) is 11.5 Å². The first-order valence-electron chi connectivity index (χ1n) is 6.16. The van der Waals surface area contributed by atoms with E-state index in [0.29, 0.717) is 16.7 Å². The molecule has 1 aromatic heterocycles. The number of imidazole rings is 1. The van der Waals surface area contributed by atoms with E-state index < -0.39 is 0 Å². The number of hydrogen-bond acceptors (Lipinski definition) is 3. The van der Waals surface area contributed by atoms with Gasteiger partial charge in [0.1, 0.15) is 17.6 Å². The monoisotopic (exact) mass is 288 g/mol. The number of phenolic OH excluding ortho intramolecular Hbond substituents is 1. The highest BCUT2D eigenvalue weighted by molar-refractivity contribution is 6.29. The average Bonchev–Trinajstić information content (AvgIpc) is 2.76. The Kier molecular flexibility index (Phi) is 3.24. The molecule has 0 fully saturated rings. The number of phenols is 1. The van der Waals surface area contributed by atoms with Crippen LogP contribution in [0.25, 0.3) is 10.8 Å². The van der Waals surface area contributed by atoms with Crippen LogP contribution in [0.1, 0.15) is 5.82 Å². The summed E-state index contributed by atoms with van der Waals surface area (Å²) >= 11 is 5.92. The summed E-state index contributed by atoms with van der Waals surface area (Å²) in [6, 6.07) is 11.3. The molecule has 1 heterocycles. The summed E-state index contributed by atoms with van der Waals surface area (Å²) < 4.78 is 7.37. The van der Waals surface area contributed by atoms with Crippen molar-refractivity contribution in [3.05, 3.63) is 53.6 Å². The van der Waals surface area contributed by atoms with Crippen molar-refractivity contribution >= 4 is 22.4 Å². The zero-order valence-corrected chi connectivity index (χ0v) is 11.6. The highest BCUT2D eigenvalue weighted by Gasteiger charge is 2.08. The Labute approximate surface area is 121 Å². The van der Waals surface area contributed by atoms with E-state index >= 15 is 0 Å². The van der Waals surface area contributed by atoms with Crippen molar-refractivity contribution in [1.82, 2.24) is 9.55 Å². The molecule has 20 heavy (non-hydrogen) atoms. The van der Waals surface area contributed by atoms with Gasteiger partial charge in [0.25, 0.3) is 0 Å². The van der Waals surface area contributed by atoms with Crippen LogP contribution in [0.4, 0.5) is 0 Å². The van der Waals surface area contributed by atoms with Crippen LogP contribution in [0.5, 0.6) is 11.5 Å². The van der Waals surface area contributed by atoms with Crippen molar-refractivity contribution in [3.8, 4) is 11.5 Å². The first-order valence-corrected chi connectivity index (χ1v) is 6.53. The number of rotatable bonds is 3. The summed E-state index contributed by atoms with van der Waals surface area (Å²) in [7, 11) is 1.81. The Hall–Kier alpha value is -2.20. The van der Waals surface area contributed by atoms with Gasteiger partial charge in [-0.3, -0.25) is 0 Å². The molecule has 2 aromatic carbocycles. The molecule has 0 bridgehead atoms. The largest absolute Gasteiger partial charge is 0.504 e. The second-order valence-corrected chi connectivity index (χ2v) is 4.90. The molecule has 3 aromatic rings. The second-order valence-electron chi connectivity index (χ2n) is 4.51. The maximum Gasteiger partial charge on any atom is 0.162 e. The fourth-order valence-corrected chi connectivity index (χ4v) is 2.17. The molecule has 0 aliphatic carbocycles. The van der Waals surface area contributed by atoms with Crippen LogP contribution in [-0.4, -0.2) is 14.7 Å². The number of ether oxygens (including phenoxy) is 1. The summed E-state index contributed by atoms with van der Waals surface area (Å²) in [6.45, 7) is 0.245. The summed E-state index contributed by atoms with van der Waals surface area (Å²) in [5.74, 6) is 1.24. The normalized spacial score (nSPS) is 10.9. The summed E-state index contributed by atoms with van der Waals surface area (Å²) in [5.41, 5.74) is 0. The molecule has 0 saturated carbocycles. The molecule has 0 radical (unpaired) electrons. The maximum absolute atomic E-state index is 9.98. The molecule has 0 unspecified atom stereocenters. The molecular formula is C15H13ClN2O2. The molecule has 5 heteroatoms. The molecule has 0 amide bonds. The van der Waals surface area contributed by atoms with Gasteiger partial charge in [-0.25, -0.2) is 4.98 Å². The van der Waals surface area contributed by atoms with Gasteiger partial charge in [0.2, 0.25) is 0 Å². The number of halogens is 1. The van der Waals surface area contributed by atoms with E-state index in [0.717, 1.165) is 10.8 Å². The van der Waals surface area contributed by atoms with Crippen LogP contribution in [0, 0.1) is 0 Å². The number of fused-ring (bicyclic) bond motifs is 1. The third-order valence-electron chi connectivity index (χ3n) is 3.21. The zero-order chi connectivity index (χ0) is 14.1. The predicted octanol–water partition coefficient (Wildman–Crippen LogP) is 3.51. The highest BCUT2D eigenvalue weighted by Crippen LogP contribution is 2.31. The standard InChI is InChI=1S/C15H13ClN2O2/c1-18-14(16)8-17-15(18)9-20-13-7-11-5-3-2-4-10(11)6-12(13)19/h2-8,19H,9H2,1H3. The predicted molar refractivity (Wildman–Crippen MR) is 78.2 cm³/mol. The van der Waals surface area contributed by atoms with Crippen molar-refractivity contribution in [2.75, 3.05) is 0 Å². The van der Waals surface area contributed by atoms with Gasteiger partial charge in [0.05, 0.1) is 6.20 Å². The molecule has 0 atom stereocenters. The Morgan fingerprint density at radius 2 is 1.95 bits per heavy atom. The lowest BCUT2D eigenvalue weighted by atomic mass is 10.1. The SMILES string of the molecule is Cn1c(Cl)cnc1COc1cc2ccccc2cc1O. The minimum atomic E-state index is 0.115. The summed E-state index contributed by atoms with van der Waals surface area (Å²) in [5, 5.41) is 12.5. The molecule has 1 N–H and O–H groups in total. The second kappa shape index (κ2) is 5.06. The van der Waals surface area contributed by atoms with E-state index in [1.165, 1.54) is 0 Å². The topological polar surface area (TPSA) is 47.3 Å². The van der Waals surface area contributed by atoms with E-state index in [2.05, 4.69) is 4.98 Å². The van der Waals surface area contributed by atoms with E-state index in [1.807, 2.05) is 37.4 Å². The Bertz CT molecular complexity index is 768. The van der Waals surface area contributed by atoms with Gasteiger partial charge in [-0.05, 0) is 22.9 Å². The van der Waals surface area contributed by atoms with Crippen molar-refractivity contribution in [2.24, 2.45) is 7.05 Å². The first-order chi connectivity index (χ1) is 9.65. The van der Waals surface area contributed by atoms with Crippen LogP contribution in [0.3, 0.4) is 0 Å².